The van der Waals surface area contributed by atoms with Gasteiger partial charge in [0.25, 0.3) is 0 Å². The van der Waals surface area contributed by atoms with E-state index in [2.05, 4.69) is 0 Å². The highest BCUT2D eigenvalue weighted by atomic mass is 35.5. The van der Waals surface area contributed by atoms with E-state index in [-0.39, 0.29) is 42.0 Å². The maximum atomic E-state index is 13.6. The van der Waals surface area contributed by atoms with Crippen LogP contribution in [-0.4, -0.2) is 48.3 Å². The Morgan fingerprint density at radius 1 is 1.40 bits per heavy atom. The molecule has 1 aliphatic rings. The lowest BCUT2D eigenvalue weighted by molar-refractivity contribution is -0.137. The topological polar surface area (TPSA) is 72.9 Å². The molecule has 0 saturated carbocycles. The zero-order chi connectivity index (χ0) is 18.4. The summed E-state index contributed by atoms with van der Waals surface area (Å²) in [6.07, 6.45) is 1.22. The Morgan fingerprint density at radius 2 is 2.16 bits per heavy atom. The number of rotatable bonds is 6. The first-order chi connectivity index (χ1) is 11.9. The molecule has 0 unspecified atom stereocenters. The molecule has 1 amide bonds. The van der Waals surface area contributed by atoms with Crippen LogP contribution < -0.4 is 0 Å². The van der Waals surface area contributed by atoms with Crippen LogP contribution >= 0.6 is 23.4 Å². The summed E-state index contributed by atoms with van der Waals surface area (Å²) in [6, 6.07) is 3.56. The Morgan fingerprint density at radius 3 is 2.88 bits per heavy atom. The molecular weight excluding hydrogens is 373 g/mol. The van der Waals surface area contributed by atoms with E-state index in [9.17, 15) is 18.8 Å². The highest BCUT2D eigenvalue weighted by molar-refractivity contribution is 8.04. The van der Waals surface area contributed by atoms with Crippen molar-refractivity contribution in [3.8, 4) is 0 Å². The smallest absolute Gasteiger partial charge is 0.341 e. The van der Waals surface area contributed by atoms with Gasteiger partial charge in [0.1, 0.15) is 12.4 Å². The second-order valence-corrected chi connectivity index (χ2v) is 6.26. The van der Waals surface area contributed by atoms with Crippen LogP contribution in [0.25, 0.3) is 0 Å². The minimum Gasteiger partial charge on any atom is -0.463 e. The van der Waals surface area contributed by atoms with Gasteiger partial charge in [-0.05, 0) is 25.1 Å². The molecule has 6 nitrogen and oxygen atoms in total. The first-order valence-electron chi connectivity index (χ1n) is 7.36. The molecule has 25 heavy (non-hydrogen) atoms. The average Bonchev–Trinajstić information content (AvgIpc) is 2.90. The Hall–Kier alpha value is -2.06. The number of carbonyl (C=O) groups excluding carboxylic acids is 3. The maximum absolute atomic E-state index is 13.6. The lowest BCUT2D eigenvalue weighted by Gasteiger charge is -2.16. The summed E-state index contributed by atoms with van der Waals surface area (Å²) in [7, 11) is 0. The molecule has 0 atom stereocenters. The second kappa shape index (κ2) is 8.87. The minimum atomic E-state index is -0.879. The first kappa shape index (κ1) is 19.3. The monoisotopic (exact) mass is 387 g/mol. The van der Waals surface area contributed by atoms with Crippen molar-refractivity contribution in [2.45, 2.75) is 6.92 Å². The summed E-state index contributed by atoms with van der Waals surface area (Å²) >= 11 is 6.92. The molecule has 0 N–H and O–H groups in total. The average molecular weight is 388 g/mol. The molecule has 134 valence electrons. The fourth-order valence-corrected chi connectivity index (χ4v) is 3.14. The van der Waals surface area contributed by atoms with Gasteiger partial charge in [-0.1, -0.05) is 23.4 Å². The summed E-state index contributed by atoms with van der Waals surface area (Å²) in [6.45, 7) is 1.79. The van der Waals surface area contributed by atoms with Gasteiger partial charge in [0.15, 0.2) is 0 Å². The zero-order valence-corrected chi connectivity index (χ0v) is 14.9. The Balaban J connectivity index is 1.95. The fraction of sp³-hybridized carbons (Fsp3) is 0.312. The highest BCUT2D eigenvalue weighted by Gasteiger charge is 2.27. The van der Waals surface area contributed by atoms with E-state index in [1.165, 1.54) is 34.9 Å². The van der Waals surface area contributed by atoms with Crippen LogP contribution in [0.1, 0.15) is 17.3 Å². The van der Waals surface area contributed by atoms with Gasteiger partial charge in [-0.2, -0.15) is 0 Å². The van der Waals surface area contributed by atoms with Gasteiger partial charge in [0.05, 0.1) is 35.6 Å². The van der Waals surface area contributed by atoms with Crippen LogP contribution in [0.4, 0.5) is 4.39 Å². The van der Waals surface area contributed by atoms with Crippen molar-refractivity contribution in [2.75, 3.05) is 25.5 Å². The molecule has 0 aliphatic carbocycles. The van der Waals surface area contributed by atoms with E-state index < -0.39 is 17.8 Å². The molecule has 0 aromatic heterocycles. The highest BCUT2D eigenvalue weighted by Crippen LogP contribution is 2.28. The second-order valence-electron chi connectivity index (χ2n) is 4.83. The molecule has 1 aliphatic heterocycles. The Kier molecular flexibility index (Phi) is 6.83. The van der Waals surface area contributed by atoms with Crippen LogP contribution in [0.5, 0.6) is 0 Å². The van der Waals surface area contributed by atoms with E-state index in [1.807, 2.05) is 0 Å². The number of amides is 1. The third kappa shape index (κ3) is 5.20. The number of halogens is 2. The van der Waals surface area contributed by atoms with Gasteiger partial charge in [0, 0.05) is 5.02 Å². The number of hydrogen-bond donors (Lipinski definition) is 0. The molecule has 1 fully saturated rings. The molecule has 0 bridgehead atoms. The van der Waals surface area contributed by atoms with Crippen LogP contribution in [-0.2, 0) is 19.1 Å². The predicted molar refractivity (Wildman–Crippen MR) is 90.6 cm³/mol. The number of carbonyl (C=O) groups is 3. The summed E-state index contributed by atoms with van der Waals surface area (Å²) in [5, 5.41) is 0.632. The van der Waals surface area contributed by atoms with Gasteiger partial charge >= 0.3 is 11.9 Å². The van der Waals surface area contributed by atoms with E-state index in [0.29, 0.717) is 5.03 Å². The van der Waals surface area contributed by atoms with Crippen LogP contribution in [0.3, 0.4) is 0 Å². The third-order valence-corrected chi connectivity index (χ3v) is 4.40. The molecule has 1 aromatic rings. The Labute approximate surface area is 152 Å². The molecule has 1 aromatic carbocycles. The lowest BCUT2D eigenvalue weighted by Crippen LogP contribution is -2.29. The van der Waals surface area contributed by atoms with Gasteiger partial charge in [-0.25, -0.2) is 14.0 Å². The van der Waals surface area contributed by atoms with Crippen molar-refractivity contribution >= 4 is 41.2 Å². The number of ether oxygens (including phenoxy) is 2. The molecule has 2 rings (SSSR count). The summed E-state index contributed by atoms with van der Waals surface area (Å²) in [5.41, 5.74) is -0.281. The maximum Gasteiger partial charge on any atom is 0.341 e. The van der Waals surface area contributed by atoms with Crippen molar-refractivity contribution < 1.29 is 28.2 Å². The van der Waals surface area contributed by atoms with Crippen molar-refractivity contribution in [2.24, 2.45) is 0 Å². The quantitative estimate of drug-likeness (QED) is 0.552. The van der Waals surface area contributed by atoms with Crippen LogP contribution in [0.2, 0.25) is 5.02 Å². The number of benzene rings is 1. The molecule has 1 heterocycles. The standard InChI is InChI=1S/C16H15ClFNO5S/c1-2-23-15(21)8-14-19(13(20)9-25-14)5-6-24-16(22)11-7-10(17)3-4-12(11)18/h3-4,7-8H,2,5-6,9H2,1H3/b14-8-. The van der Waals surface area contributed by atoms with Gasteiger partial charge in [-0.3, -0.25) is 4.79 Å². The van der Waals surface area contributed by atoms with Crippen molar-refractivity contribution in [1.29, 1.82) is 0 Å². The fourth-order valence-electron chi connectivity index (χ4n) is 2.01. The lowest BCUT2D eigenvalue weighted by atomic mass is 10.2. The molecule has 1 saturated heterocycles. The largest absolute Gasteiger partial charge is 0.463 e. The SMILES string of the molecule is CCOC(=O)/C=C1\SCC(=O)N1CCOC(=O)c1cc(Cl)ccc1F. The molecular formula is C16H15ClFNO5S. The number of esters is 2. The van der Waals surface area contributed by atoms with Crippen LogP contribution in [0, 0.1) is 5.82 Å². The van der Waals surface area contributed by atoms with Crippen LogP contribution in [0.15, 0.2) is 29.3 Å². The van der Waals surface area contributed by atoms with Crippen molar-refractivity contribution in [3.63, 3.8) is 0 Å². The molecule has 0 spiro atoms. The van der Waals surface area contributed by atoms with E-state index in [1.54, 1.807) is 6.92 Å². The summed E-state index contributed by atoms with van der Waals surface area (Å²) < 4.78 is 23.4. The Bertz CT molecular complexity index is 724. The minimum absolute atomic E-state index is 0.0466. The first-order valence-corrected chi connectivity index (χ1v) is 8.72. The molecule has 0 radical (unpaired) electrons. The van der Waals surface area contributed by atoms with Crippen molar-refractivity contribution in [1.82, 2.24) is 4.90 Å². The summed E-state index contributed by atoms with van der Waals surface area (Å²) in [5.74, 6) is -2.21. The van der Waals surface area contributed by atoms with E-state index in [4.69, 9.17) is 21.1 Å². The number of thioether (sulfide) groups is 1. The molecule has 9 heteroatoms. The predicted octanol–water partition coefficient (Wildman–Crippen LogP) is 2.62. The third-order valence-electron chi connectivity index (χ3n) is 3.13. The number of hydrogen-bond acceptors (Lipinski definition) is 6. The van der Waals surface area contributed by atoms with Gasteiger partial charge < -0.3 is 14.4 Å². The summed E-state index contributed by atoms with van der Waals surface area (Å²) in [4.78, 5) is 36.6. The van der Waals surface area contributed by atoms with Gasteiger partial charge in [0.2, 0.25) is 5.91 Å². The van der Waals surface area contributed by atoms with E-state index in [0.717, 1.165) is 6.07 Å². The van der Waals surface area contributed by atoms with Crippen molar-refractivity contribution in [3.05, 3.63) is 45.7 Å². The normalized spacial score (nSPS) is 15.6. The van der Waals surface area contributed by atoms with E-state index >= 15 is 0 Å². The zero-order valence-electron chi connectivity index (χ0n) is 13.3. The number of nitrogens with zero attached hydrogens (tertiary/aromatic N) is 1. The van der Waals surface area contributed by atoms with Gasteiger partial charge in [-0.15, -0.1) is 0 Å².